The van der Waals surface area contributed by atoms with Crippen LogP contribution >= 0.6 is 11.6 Å². The molecule has 0 aromatic carbocycles. The fourth-order valence-corrected chi connectivity index (χ4v) is 2.31. The third kappa shape index (κ3) is 4.10. The maximum atomic E-state index is 12.0. The van der Waals surface area contributed by atoms with Crippen molar-refractivity contribution in [1.82, 2.24) is 10.3 Å². The van der Waals surface area contributed by atoms with E-state index in [-0.39, 0.29) is 11.9 Å². The Labute approximate surface area is 118 Å². The molecule has 1 heterocycles. The fourth-order valence-electron chi connectivity index (χ4n) is 2.08. The maximum Gasteiger partial charge on any atom is 0.253 e. The molecule has 0 bridgehead atoms. The molecule has 0 aliphatic heterocycles. The van der Waals surface area contributed by atoms with Crippen LogP contribution in [-0.2, 0) is 0 Å². The first-order chi connectivity index (χ1) is 9.10. The number of anilines is 1. The lowest BCUT2D eigenvalue weighted by atomic mass is 10.1. The molecule has 1 saturated carbocycles. The van der Waals surface area contributed by atoms with Gasteiger partial charge in [0.25, 0.3) is 5.91 Å². The zero-order valence-corrected chi connectivity index (χ0v) is 12.1. The van der Waals surface area contributed by atoms with Crippen molar-refractivity contribution in [1.29, 1.82) is 0 Å². The molecule has 0 spiro atoms. The molecule has 1 amide bonds. The lowest BCUT2D eigenvalue weighted by Gasteiger charge is -2.13. The summed E-state index contributed by atoms with van der Waals surface area (Å²) in [6.07, 6.45) is 5.21. The highest BCUT2D eigenvalue weighted by Gasteiger charge is 2.24. The van der Waals surface area contributed by atoms with E-state index in [9.17, 15) is 4.79 Å². The molecular weight excluding hydrogens is 262 g/mol. The second kappa shape index (κ2) is 6.24. The minimum absolute atomic E-state index is 0.106. The van der Waals surface area contributed by atoms with Crippen LogP contribution in [0.3, 0.4) is 0 Å². The van der Waals surface area contributed by atoms with Crippen LogP contribution < -0.4 is 10.6 Å². The van der Waals surface area contributed by atoms with Crippen LogP contribution in [-0.4, -0.2) is 23.5 Å². The molecular formula is C14H20ClN3O. The van der Waals surface area contributed by atoms with Gasteiger partial charge in [0.15, 0.2) is 0 Å². The largest absolute Gasteiger partial charge is 0.369 e. The molecule has 4 nitrogen and oxygen atoms in total. The first kappa shape index (κ1) is 14.1. The normalized spacial score (nSPS) is 15.9. The Kier molecular flexibility index (Phi) is 4.64. The first-order valence-corrected chi connectivity index (χ1v) is 7.18. The highest BCUT2D eigenvalue weighted by atomic mass is 35.5. The molecule has 1 unspecified atom stereocenters. The van der Waals surface area contributed by atoms with E-state index in [2.05, 4.69) is 15.6 Å². The summed E-state index contributed by atoms with van der Waals surface area (Å²) in [5.41, 5.74) is 0.509. The number of carbonyl (C=O) groups excluding carboxylic acids is 1. The van der Waals surface area contributed by atoms with Crippen LogP contribution in [0.5, 0.6) is 0 Å². The van der Waals surface area contributed by atoms with E-state index in [1.807, 2.05) is 13.8 Å². The van der Waals surface area contributed by atoms with Gasteiger partial charge in [-0.3, -0.25) is 4.79 Å². The van der Waals surface area contributed by atoms with E-state index in [4.69, 9.17) is 11.6 Å². The van der Waals surface area contributed by atoms with Gasteiger partial charge in [-0.1, -0.05) is 24.4 Å². The Morgan fingerprint density at radius 3 is 2.89 bits per heavy atom. The topological polar surface area (TPSA) is 54.0 Å². The van der Waals surface area contributed by atoms with Crippen LogP contribution in [0.15, 0.2) is 12.3 Å². The summed E-state index contributed by atoms with van der Waals surface area (Å²) in [6, 6.07) is 1.86. The lowest BCUT2D eigenvalue weighted by Crippen LogP contribution is -2.33. The Morgan fingerprint density at radius 1 is 1.58 bits per heavy atom. The fraction of sp³-hybridized carbons (Fsp3) is 0.571. The highest BCUT2D eigenvalue weighted by Crippen LogP contribution is 2.33. The van der Waals surface area contributed by atoms with Crippen LogP contribution in [0, 0.1) is 5.92 Å². The Balaban J connectivity index is 1.95. The second-order valence-corrected chi connectivity index (χ2v) is 5.55. The minimum Gasteiger partial charge on any atom is -0.369 e. The lowest BCUT2D eigenvalue weighted by molar-refractivity contribution is 0.0937. The van der Waals surface area contributed by atoms with Crippen LogP contribution in [0.25, 0.3) is 0 Å². The summed E-state index contributed by atoms with van der Waals surface area (Å²) >= 11 is 6.08. The van der Waals surface area contributed by atoms with Crippen LogP contribution in [0.1, 0.15) is 43.5 Å². The van der Waals surface area contributed by atoms with Gasteiger partial charge in [0.05, 0.1) is 10.6 Å². The summed E-state index contributed by atoms with van der Waals surface area (Å²) in [6.45, 7) is 4.76. The number of hydrogen-bond acceptors (Lipinski definition) is 3. The standard InChI is InChI=1S/C14H20ClN3O/c1-3-16-13-12(15)7-11(8-17-13)14(19)18-9(2)6-10-4-5-10/h7-10H,3-6H2,1-2H3,(H,16,17)(H,18,19). The predicted octanol–water partition coefficient (Wildman–Crippen LogP) is 3.09. The van der Waals surface area contributed by atoms with E-state index in [1.54, 1.807) is 12.3 Å². The molecule has 1 aliphatic rings. The second-order valence-electron chi connectivity index (χ2n) is 5.14. The molecule has 2 rings (SSSR count). The van der Waals surface area contributed by atoms with Gasteiger partial charge < -0.3 is 10.6 Å². The number of rotatable bonds is 6. The predicted molar refractivity (Wildman–Crippen MR) is 77.7 cm³/mol. The summed E-state index contributed by atoms with van der Waals surface area (Å²) in [7, 11) is 0. The average Bonchev–Trinajstić information content (AvgIpc) is 3.15. The molecule has 1 atom stereocenters. The van der Waals surface area contributed by atoms with Gasteiger partial charge in [-0.25, -0.2) is 4.98 Å². The Bertz CT molecular complexity index is 460. The third-order valence-corrected chi connectivity index (χ3v) is 3.50. The first-order valence-electron chi connectivity index (χ1n) is 6.80. The van der Waals surface area contributed by atoms with Crippen molar-refractivity contribution < 1.29 is 4.79 Å². The van der Waals surface area contributed by atoms with Gasteiger partial charge in [0.1, 0.15) is 5.82 Å². The number of nitrogens with zero attached hydrogens (tertiary/aromatic N) is 1. The summed E-state index contributed by atoms with van der Waals surface area (Å²) in [4.78, 5) is 16.2. The van der Waals surface area contributed by atoms with Crippen LogP contribution in [0.4, 0.5) is 5.82 Å². The number of hydrogen-bond donors (Lipinski definition) is 2. The number of nitrogens with one attached hydrogen (secondary N) is 2. The number of carbonyl (C=O) groups is 1. The van der Waals surface area contributed by atoms with Crippen molar-refractivity contribution >= 4 is 23.3 Å². The maximum absolute atomic E-state index is 12.0. The van der Waals surface area contributed by atoms with E-state index < -0.39 is 0 Å². The number of amides is 1. The summed E-state index contributed by atoms with van der Waals surface area (Å²) < 4.78 is 0. The quantitative estimate of drug-likeness (QED) is 0.842. The zero-order valence-electron chi connectivity index (χ0n) is 11.4. The van der Waals surface area contributed by atoms with Crippen molar-refractivity contribution in [3.05, 3.63) is 22.8 Å². The van der Waals surface area contributed by atoms with Crippen molar-refractivity contribution in [3.63, 3.8) is 0 Å². The van der Waals surface area contributed by atoms with E-state index in [0.29, 0.717) is 16.4 Å². The highest BCUT2D eigenvalue weighted by molar-refractivity contribution is 6.33. The van der Waals surface area contributed by atoms with Gasteiger partial charge in [-0.2, -0.15) is 0 Å². The van der Waals surface area contributed by atoms with Gasteiger partial charge >= 0.3 is 0 Å². The average molecular weight is 282 g/mol. The molecule has 2 N–H and O–H groups in total. The number of halogens is 1. The number of aromatic nitrogens is 1. The van der Waals surface area contributed by atoms with Crippen molar-refractivity contribution in [2.24, 2.45) is 5.92 Å². The van der Waals surface area contributed by atoms with Crippen molar-refractivity contribution in [2.45, 2.75) is 39.2 Å². The molecule has 5 heteroatoms. The summed E-state index contributed by atoms with van der Waals surface area (Å²) in [5, 5.41) is 6.51. The van der Waals surface area contributed by atoms with Crippen molar-refractivity contribution in [3.8, 4) is 0 Å². The molecule has 1 fully saturated rings. The molecule has 1 aliphatic carbocycles. The third-order valence-electron chi connectivity index (χ3n) is 3.21. The minimum atomic E-state index is -0.106. The van der Waals surface area contributed by atoms with E-state index in [1.165, 1.54) is 12.8 Å². The van der Waals surface area contributed by atoms with Gasteiger partial charge in [-0.15, -0.1) is 0 Å². The molecule has 0 radical (unpaired) electrons. The zero-order chi connectivity index (χ0) is 13.8. The van der Waals surface area contributed by atoms with Gasteiger partial charge in [0.2, 0.25) is 0 Å². The Hall–Kier alpha value is -1.29. The number of pyridine rings is 1. The van der Waals surface area contributed by atoms with Gasteiger partial charge in [0, 0.05) is 18.8 Å². The molecule has 19 heavy (non-hydrogen) atoms. The van der Waals surface area contributed by atoms with Crippen molar-refractivity contribution in [2.75, 3.05) is 11.9 Å². The SMILES string of the molecule is CCNc1ncc(C(=O)NC(C)CC2CC2)cc1Cl. The van der Waals surface area contributed by atoms with E-state index in [0.717, 1.165) is 18.9 Å². The molecule has 1 aromatic heterocycles. The van der Waals surface area contributed by atoms with E-state index >= 15 is 0 Å². The molecule has 1 aromatic rings. The smallest absolute Gasteiger partial charge is 0.253 e. The van der Waals surface area contributed by atoms with Gasteiger partial charge in [-0.05, 0) is 32.3 Å². The van der Waals surface area contributed by atoms with Crippen LogP contribution in [0.2, 0.25) is 5.02 Å². The molecule has 104 valence electrons. The summed E-state index contributed by atoms with van der Waals surface area (Å²) in [5.74, 6) is 1.31. The Morgan fingerprint density at radius 2 is 2.32 bits per heavy atom. The monoisotopic (exact) mass is 281 g/mol. The molecule has 0 saturated heterocycles.